The minimum Gasteiger partial charge on any atom is -0.495 e. The van der Waals surface area contributed by atoms with Crippen molar-refractivity contribution in [1.82, 2.24) is 5.32 Å². The van der Waals surface area contributed by atoms with Gasteiger partial charge in [0, 0.05) is 20.2 Å². The van der Waals surface area contributed by atoms with Crippen LogP contribution in [0.3, 0.4) is 0 Å². The molecule has 0 unspecified atom stereocenters. The first-order valence-corrected chi connectivity index (χ1v) is 5.85. The molecular weight excluding hydrogens is 228 g/mol. The quantitative estimate of drug-likeness (QED) is 0.837. The van der Waals surface area contributed by atoms with E-state index >= 15 is 0 Å². The first-order chi connectivity index (χ1) is 8.52. The molecule has 0 aliphatic carbocycles. The Bertz CT molecular complexity index is 436. The van der Waals surface area contributed by atoms with Crippen molar-refractivity contribution in [3.05, 3.63) is 29.3 Å². The molecule has 0 saturated carbocycles. The van der Waals surface area contributed by atoms with Crippen molar-refractivity contribution < 1.29 is 9.47 Å². The van der Waals surface area contributed by atoms with E-state index in [0.717, 1.165) is 18.7 Å². The van der Waals surface area contributed by atoms with Gasteiger partial charge in [0.05, 0.1) is 18.3 Å². The van der Waals surface area contributed by atoms with E-state index in [1.165, 1.54) is 0 Å². The van der Waals surface area contributed by atoms with E-state index in [1.807, 2.05) is 26.0 Å². The lowest BCUT2D eigenvalue weighted by Gasteiger charge is -2.23. The van der Waals surface area contributed by atoms with Crippen LogP contribution in [0.25, 0.3) is 0 Å². The number of methoxy groups -OCH3 is 2. The minimum absolute atomic E-state index is 0.184. The second-order valence-electron chi connectivity index (χ2n) is 4.71. The molecule has 0 aromatic heterocycles. The number of hydrogen-bond acceptors (Lipinski definition) is 4. The van der Waals surface area contributed by atoms with Crippen molar-refractivity contribution in [3.63, 3.8) is 0 Å². The van der Waals surface area contributed by atoms with E-state index in [0.29, 0.717) is 11.3 Å². The second kappa shape index (κ2) is 6.39. The molecule has 0 spiro atoms. The van der Waals surface area contributed by atoms with Crippen LogP contribution in [0.5, 0.6) is 5.75 Å². The first kappa shape index (κ1) is 14.5. The number of ether oxygens (including phenoxy) is 2. The van der Waals surface area contributed by atoms with E-state index in [2.05, 4.69) is 11.4 Å². The molecule has 1 rings (SSSR count). The third-order valence-corrected chi connectivity index (χ3v) is 2.82. The van der Waals surface area contributed by atoms with Crippen LogP contribution in [0, 0.1) is 11.3 Å². The Morgan fingerprint density at radius 2 is 2.06 bits per heavy atom. The number of rotatable bonds is 6. The number of benzene rings is 1. The molecule has 0 atom stereocenters. The monoisotopic (exact) mass is 248 g/mol. The van der Waals surface area contributed by atoms with E-state index in [1.54, 1.807) is 20.3 Å². The zero-order chi connectivity index (χ0) is 13.6. The molecule has 1 aromatic rings. The van der Waals surface area contributed by atoms with Gasteiger partial charge in [0.2, 0.25) is 0 Å². The molecule has 0 amide bonds. The summed E-state index contributed by atoms with van der Waals surface area (Å²) in [5, 5.41) is 12.2. The molecule has 4 heteroatoms. The Morgan fingerprint density at radius 3 is 2.61 bits per heavy atom. The van der Waals surface area contributed by atoms with Crippen LogP contribution in [0.2, 0.25) is 0 Å². The van der Waals surface area contributed by atoms with Crippen molar-refractivity contribution in [3.8, 4) is 11.8 Å². The van der Waals surface area contributed by atoms with E-state index < -0.39 is 0 Å². The summed E-state index contributed by atoms with van der Waals surface area (Å²) < 4.78 is 10.5. The van der Waals surface area contributed by atoms with E-state index in [4.69, 9.17) is 14.7 Å². The third kappa shape index (κ3) is 4.02. The predicted octanol–water partition coefficient (Wildman–Crippen LogP) is 2.08. The van der Waals surface area contributed by atoms with E-state index in [-0.39, 0.29) is 5.60 Å². The summed E-state index contributed by atoms with van der Waals surface area (Å²) in [6.07, 6.45) is 0. The zero-order valence-electron chi connectivity index (χ0n) is 11.4. The molecule has 0 saturated heterocycles. The maximum Gasteiger partial charge on any atom is 0.136 e. The third-order valence-electron chi connectivity index (χ3n) is 2.82. The van der Waals surface area contributed by atoms with Crippen LogP contribution < -0.4 is 10.1 Å². The Hall–Kier alpha value is -1.57. The van der Waals surface area contributed by atoms with Crippen LogP contribution in [0.15, 0.2) is 18.2 Å². The highest BCUT2D eigenvalue weighted by atomic mass is 16.5. The highest BCUT2D eigenvalue weighted by Gasteiger charge is 2.15. The largest absolute Gasteiger partial charge is 0.495 e. The highest BCUT2D eigenvalue weighted by molar-refractivity contribution is 5.45. The Morgan fingerprint density at radius 1 is 1.33 bits per heavy atom. The standard InChI is InChI=1S/C14H20N2O2/c1-14(2,18-4)10-16-9-11-5-6-12(8-15)13(7-11)17-3/h5-7,16H,9-10H2,1-4H3. The summed E-state index contributed by atoms with van der Waals surface area (Å²) in [6.45, 7) is 5.53. The summed E-state index contributed by atoms with van der Waals surface area (Å²) in [5.74, 6) is 0.614. The SMILES string of the molecule is COc1cc(CNCC(C)(C)OC)ccc1C#N. The molecule has 1 aromatic carbocycles. The first-order valence-electron chi connectivity index (χ1n) is 5.85. The normalized spacial score (nSPS) is 11.1. The number of hydrogen-bond donors (Lipinski definition) is 1. The van der Waals surface area contributed by atoms with Gasteiger partial charge >= 0.3 is 0 Å². The molecule has 0 aliphatic rings. The molecule has 1 N–H and O–H groups in total. The molecule has 18 heavy (non-hydrogen) atoms. The lowest BCUT2D eigenvalue weighted by Crippen LogP contribution is -2.36. The van der Waals surface area contributed by atoms with Crippen LogP contribution in [-0.2, 0) is 11.3 Å². The fourth-order valence-corrected chi connectivity index (χ4v) is 1.52. The summed E-state index contributed by atoms with van der Waals surface area (Å²) >= 11 is 0. The minimum atomic E-state index is -0.184. The number of nitriles is 1. The maximum absolute atomic E-state index is 8.89. The Kier molecular flexibility index (Phi) is 5.14. The molecule has 4 nitrogen and oxygen atoms in total. The molecule has 0 aliphatic heterocycles. The van der Waals surface area contributed by atoms with Gasteiger partial charge in [-0.2, -0.15) is 5.26 Å². The topological polar surface area (TPSA) is 54.3 Å². The van der Waals surface area contributed by atoms with Gasteiger partial charge in [0.1, 0.15) is 11.8 Å². The predicted molar refractivity (Wildman–Crippen MR) is 70.5 cm³/mol. The van der Waals surface area contributed by atoms with Gasteiger partial charge in [-0.3, -0.25) is 0 Å². The van der Waals surface area contributed by atoms with Crippen molar-refractivity contribution in [2.45, 2.75) is 26.0 Å². The number of nitrogens with zero attached hydrogens (tertiary/aromatic N) is 1. The second-order valence-corrected chi connectivity index (χ2v) is 4.71. The van der Waals surface area contributed by atoms with Crippen LogP contribution in [0.1, 0.15) is 25.0 Å². The molecule has 0 heterocycles. The average Bonchev–Trinajstić information content (AvgIpc) is 2.38. The summed E-state index contributed by atoms with van der Waals surface area (Å²) in [5.41, 5.74) is 1.45. The summed E-state index contributed by atoms with van der Waals surface area (Å²) in [7, 11) is 3.27. The summed E-state index contributed by atoms with van der Waals surface area (Å²) in [6, 6.07) is 7.68. The highest BCUT2D eigenvalue weighted by Crippen LogP contribution is 2.19. The lowest BCUT2D eigenvalue weighted by molar-refractivity contribution is 0.0230. The molecule has 98 valence electrons. The Labute approximate surface area is 109 Å². The molecule has 0 radical (unpaired) electrons. The Balaban J connectivity index is 2.61. The van der Waals surface area contributed by atoms with Crippen molar-refractivity contribution in [2.24, 2.45) is 0 Å². The maximum atomic E-state index is 8.89. The van der Waals surface area contributed by atoms with Crippen LogP contribution >= 0.6 is 0 Å². The van der Waals surface area contributed by atoms with Gasteiger partial charge in [0.25, 0.3) is 0 Å². The molecule has 0 bridgehead atoms. The fraction of sp³-hybridized carbons (Fsp3) is 0.500. The van der Waals surface area contributed by atoms with Crippen molar-refractivity contribution in [2.75, 3.05) is 20.8 Å². The molecule has 0 fully saturated rings. The van der Waals surface area contributed by atoms with Gasteiger partial charge in [0.15, 0.2) is 0 Å². The zero-order valence-corrected chi connectivity index (χ0v) is 11.4. The van der Waals surface area contributed by atoms with Gasteiger partial charge in [-0.05, 0) is 31.5 Å². The van der Waals surface area contributed by atoms with Gasteiger partial charge in [-0.1, -0.05) is 6.07 Å². The lowest BCUT2D eigenvalue weighted by atomic mass is 10.1. The fourth-order valence-electron chi connectivity index (χ4n) is 1.52. The smallest absolute Gasteiger partial charge is 0.136 e. The molecular formula is C14H20N2O2. The van der Waals surface area contributed by atoms with Crippen molar-refractivity contribution >= 4 is 0 Å². The average molecular weight is 248 g/mol. The summed E-state index contributed by atoms with van der Waals surface area (Å²) in [4.78, 5) is 0. The van der Waals surface area contributed by atoms with Crippen LogP contribution in [0.4, 0.5) is 0 Å². The van der Waals surface area contributed by atoms with Crippen LogP contribution in [-0.4, -0.2) is 26.4 Å². The van der Waals surface area contributed by atoms with E-state index in [9.17, 15) is 0 Å². The van der Waals surface area contributed by atoms with Gasteiger partial charge < -0.3 is 14.8 Å². The van der Waals surface area contributed by atoms with Crippen molar-refractivity contribution in [1.29, 1.82) is 5.26 Å². The van der Waals surface area contributed by atoms with Gasteiger partial charge in [-0.15, -0.1) is 0 Å². The van der Waals surface area contributed by atoms with Gasteiger partial charge in [-0.25, -0.2) is 0 Å². The number of nitrogens with one attached hydrogen (secondary N) is 1.